The summed E-state index contributed by atoms with van der Waals surface area (Å²) in [5, 5.41) is 11.0. The van der Waals surface area contributed by atoms with Gasteiger partial charge in [0.05, 0.1) is 0 Å². The maximum absolute atomic E-state index is 13.4. The fourth-order valence-electron chi connectivity index (χ4n) is 3.89. The fourth-order valence-corrected chi connectivity index (χ4v) is 3.89. The van der Waals surface area contributed by atoms with E-state index in [9.17, 15) is 18.7 Å². The van der Waals surface area contributed by atoms with Gasteiger partial charge in [-0.3, -0.25) is 9.69 Å². The number of nitrogens with zero attached hydrogens (tertiary/aromatic N) is 2. The lowest BCUT2D eigenvalue weighted by Gasteiger charge is -2.42. The lowest BCUT2D eigenvalue weighted by molar-refractivity contribution is -0.161. The average Bonchev–Trinajstić information content (AvgIpc) is 2.63. The molecule has 1 aromatic carbocycles. The van der Waals surface area contributed by atoms with E-state index in [1.54, 1.807) is 0 Å². The molecule has 3 rings (SSSR count). The molecule has 0 spiro atoms. The molecule has 0 aromatic heterocycles. The number of benzene rings is 1. The van der Waals surface area contributed by atoms with Crippen LogP contribution in [0.2, 0.25) is 0 Å². The van der Waals surface area contributed by atoms with Crippen LogP contribution in [-0.2, 0) is 16.1 Å². The number of rotatable bonds is 5. The van der Waals surface area contributed by atoms with Crippen LogP contribution in [0.3, 0.4) is 0 Å². The van der Waals surface area contributed by atoms with Gasteiger partial charge in [-0.1, -0.05) is 6.07 Å². The fraction of sp³-hybridized carbons (Fsp3) is 0.632. The quantitative estimate of drug-likeness (QED) is 0.863. The van der Waals surface area contributed by atoms with Crippen LogP contribution in [0.5, 0.6) is 0 Å². The number of ether oxygens (including phenoxy) is 1. The standard InChI is InChI=1S/C19H26F2N2O3/c1-22(15-5-9-26-10-6-15)13-19(25)7-2-8-23(18(19)24)12-14-3-4-16(20)17(21)11-14/h3-4,11,15,25H,2,5-10,12-13H2,1H3. The van der Waals surface area contributed by atoms with E-state index in [1.165, 1.54) is 11.0 Å². The third kappa shape index (κ3) is 4.22. The first-order chi connectivity index (χ1) is 12.4. The molecule has 0 aliphatic carbocycles. The zero-order chi connectivity index (χ0) is 18.7. The second-order valence-electron chi connectivity index (χ2n) is 7.37. The Balaban J connectivity index is 1.66. The topological polar surface area (TPSA) is 53.0 Å². The van der Waals surface area contributed by atoms with Gasteiger partial charge >= 0.3 is 0 Å². The van der Waals surface area contributed by atoms with Gasteiger partial charge in [0.2, 0.25) is 0 Å². The second-order valence-corrected chi connectivity index (χ2v) is 7.37. The molecule has 2 aliphatic heterocycles. The van der Waals surface area contributed by atoms with Crippen LogP contribution in [0, 0.1) is 11.6 Å². The summed E-state index contributed by atoms with van der Waals surface area (Å²) in [5.41, 5.74) is -0.927. The molecule has 0 radical (unpaired) electrons. The van der Waals surface area contributed by atoms with Gasteiger partial charge in [0.15, 0.2) is 17.2 Å². The number of carbonyl (C=O) groups is 1. The van der Waals surface area contributed by atoms with Crippen molar-refractivity contribution in [2.45, 2.75) is 43.9 Å². The van der Waals surface area contributed by atoms with Gasteiger partial charge < -0.3 is 14.7 Å². The van der Waals surface area contributed by atoms with E-state index >= 15 is 0 Å². The molecule has 26 heavy (non-hydrogen) atoms. The van der Waals surface area contributed by atoms with E-state index in [4.69, 9.17) is 4.74 Å². The van der Waals surface area contributed by atoms with Gasteiger partial charge in [-0.15, -0.1) is 0 Å². The molecular weight excluding hydrogens is 342 g/mol. The van der Waals surface area contributed by atoms with Crippen LogP contribution in [0.4, 0.5) is 8.78 Å². The summed E-state index contributed by atoms with van der Waals surface area (Å²) >= 11 is 0. The van der Waals surface area contributed by atoms with Crippen molar-refractivity contribution in [1.82, 2.24) is 9.80 Å². The molecule has 0 bridgehead atoms. The van der Waals surface area contributed by atoms with Crippen LogP contribution in [0.1, 0.15) is 31.2 Å². The predicted molar refractivity (Wildman–Crippen MR) is 92.4 cm³/mol. The number of likely N-dealkylation sites (tertiary alicyclic amines) is 1. The van der Waals surface area contributed by atoms with Crippen molar-refractivity contribution in [3.63, 3.8) is 0 Å². The molecule has 1 N–H and O–H groups in total. The van der Waals surface area contributed by atoms with Crippen LogP contribution in [0.15, 0.2) is 18.2 Å². The molecule has 1 atom stereocenters. The summed E-state index contributed by atoms with van der Waals surface area (Å²) in [6, 6.07) is 3.92. The highest BCUT2D eigenvalue weighted by Crippen LogP contribution is 2.27. The Labute approximate surface area is 152 Å². The number of carbonyl (C=O) groups excluding carboxylic acids is 1. The van der Waals surface area contributed by atoms with Gasteiger partial charge in [-0.2, -0.15) is 0 Å². The van der Waals surface area contributed by atoms with Gasteiger partial charge in [0.1, 0.15) is 0 Å². The molecule has 1 aromatic rings. The van der Waals surface area contributed by atoms with E-state index in [1.807, 2.05) is 11.9 Å². The van der Waals surface area contributed by atoms with Gasteiger partial charge in [-0.25, -0.2) is 8.78 Å². The number of hydrogen-bond donors (Lipinski definition) is 1. The SMILES string of the molecule is CN(CC1(O)CCCN(Cc2ccc(F)c(F)c2)C1=O)C1CCOCC1. The second kappa shape index (κ2) is 7.98. The van der Waals surface area contributed by atoms with Crippen LogP contribution in [0.25, 0.3) is 0 Å². The van der Waals surface area contributed by atoms with Crippen LogP contribution in [-0.4, -0.2) is 65.8 Å². The first-order valence-electron chi connectivity index (χ1n) is 9.13. The molecule has 1 amide bonds. The maximum Gasteiger partial charge on any atom is 0.256 e. The smallest absolute Gasteiger partial charge is 0.256 e. The first kappa shape index (κ1) is 19.2. The number of halogens is 2. The van der Waals surface area contributed by atoms with Crippen LogP contribution >= 0.6 is 0 Å². The highest BCUT2D eigenvalue weighted by Gasteiger charge is 2.43. The van der Waals surface area contributed by atoms with Crippen molar-refractivity contribution in [3.8, 4) is 0 Å². The Morgan fingerprint density at radius 2 is 2.04 bits per heavy atom. The first-order valence-corrected chi connectivity index (χ1v) is 9.13. The summed E-state index contributed by atoms with van der Waals surface area (Å²) in [7, 11) is 1.93. The highest BCUT2D eigenvalue weighted by atomic mass is 19.2. The average molecular weight is 368 g/mol. The van der Waals surface area contributed by atoms with E-state index in [2.05, 4.69) is 0 Å². The van der Waals surface area contributed by atoms with Gasteiger partial charge in [0, 0.05) is 38.9 Å². The molecule has 2 aliphatic rings. The third-order valence-electron chi connectivity index (χ3n) is 5.39. The third-order valence-corrected chi connectivity index (χ3v) is 5.39. The van der Waals surface area contributed by atoms with Crippen LogP contribution < -0.4 is 0 Å². The minimum Gasteiger partial charge on any atom is -0.381 e. The molecule has 144 valence electrons. The van der Waals surface area contributed by atoms with E-state index < -0.39 is 17.2 Å². The van der Waals surface area contributed by atoms with Crippen molar-refractivity contribution < 1.29 is 23.4 Å². The lowest BCUT2D eigenvalue weighted by Crippen LogP contribution is -2.59. The molecule has 5 nitrogen and oxygen atoms in total. The van der Waals surface area contributed by atoms with Gasteiger partial charge in [-0.05, 0) is 50.4 Å². The molecule has 2 fully saturated rings. The molecule has 1 unspecified atom stereocenters. The summed E-state index contributed by atoms with van der Waals surface area (Å²) in [6.07, 6.45) is 2.86. The van der Waals surface area contributed by atoms with Crippen molar-refractivity contribution in [2.24, 2.45) is 0 Å². The normalized spacial score (nSPS) is 25.1. The maximum atomic E-state index is 13.4. The van der Waals surface area contributed by atoms with E-state index in [0.717, 1.165) is 25.0 Å². The number of piperidine rings is 1. The number of likely N-dealkylation sites (N-methyl/N-ethyl adjacent to an activating group) is 1. The minimum atomic E-state index is -1.44. The summed E-state index contributed by atoms with van der Waals surface area (Å²) in [5.74, 6) is -2.18. The van der Waals surface area contributed by atoms with E-state index in [0.29, 0.717) is 44.2 Å². The molecular formula is C19H26F2N2O3. The van der Waals surface area contributed by atoms with Crippen molar-refractivity contribution in [1.29, 1.82) is 0 Å². The Bertz CT molecular complexity index is 652. The van der Waals surface area contributed by atoms with E-state index in [-0.39, 0.29) is 19.0 Å². The Kier molecular flexibility index (Phi) is 5.89. The summed E-state index contributed by atoms with van der Waals surface area (Å²) in [4.78, 5) is 16.5. The number of aliphatic hydroxyl groups is 1. The Hall–Kier alpha value is -1.57. The highest BCUT2D eigenvalue weighted by molar-refractivity contribution is 5.86. The van der Waals surface area contributed by atoms with Crippen molar-refractivity contribution in [2.75, 3.05) is 33.4 Å². The summed E-state index contributed by atoms with van der Waals surface area (Å²) < 4.78 is 31.9. The van der Waals surface area contributed by atoms with Crippen molar-refractivity contribution >= 4 is 5.91 Å². The monoisotopic (exact) mass is 368 g/mol. The molecule has 7 heteroatoms. The largest absolute Gasteiger partial charge is 0.381 e. The Morgan fingerprint density at radius 3 is 2.73 bits per heavy atom. The Morgan fingerprint density at radius 1 is 1.31 bits per heavy atom. The minimum absolute atomic E-state index is 0.166. The molecule has 0 saturated carbocycles. The van der Waals surface area contributed by atoms with Crippen molar-refractivity contribution in [3.05, 3.63) is 35.4 Å². The summed E-state index contributed by atoms with van der Waals surface area (Å²) in [6.45, 7) is 2.33. The van der Waals surface area contributed by atoms with Gasteiger partial charge in [0.25, 0.3) is 5.91 Å². The number of amides is 1. The molecule has 2 saturated heterocycles. The molecule has 2 heterocycles. The zero-order valence-corrected chi connectivity index (χ0v) is 15.1. The number of hydrogen-bond acceptors (Lipinski definition) is 4. The lowest BCUT2D eigenvalue weighted by atomic mass is 9.90. The zero-order valence-electron chi connectivity index (χ0n) is 15.1. The predicted octanol–water partition coefficient (Wildman–Crippen LogP) is 1.93.